The molecule has 0 saturated heterocycles. The fourth-order valence-corrected chi connectivity index (χ4v) is 3.67. The molecule has 2 nitrogen and oxygen atoms in total. The summed E-state index contributed by atoms with van der Waals surface area (Å²) in [6, 6.07) is 10.3. The topological polar surface area (TPSA) is 29.5 Å². The zero-order valence-corrected chi connectivity index (χ0v) is 13.7. The van der Waals surface area contributed by atoms with Gasteiger partial charge in [-0.15, -0.1) is 0 Å². The van der Waals surface area contributed by atoms with Crippen molar-refractivity contribution in [2.24, 2.45) is 17.3 Å². The van der Waals surface area contributed by atoms with Crippen LogP contribution in [0.1, 0.15) is 52.0 Å². The molecule has 1 fully saturated rings. The third-order valence-corrected chi connectivity index (χ3v) is 5.43. The van der Waals surface area contributed by atoms with E-state index in [4.69, 9.17) is 4.74 Å². The van der Waals surface area contributed by atoms with Gasteiger partial charge in [-0.25, -0.2) is 0 Å². The normalized spacial score (nSPS) is 29.0. The molecule has 118 valence electrons. The number of rotatable bonds is 6. The van der Waals surface area contributed by atoms with E-state index in [9.17, 15) is 5.11 Å². The Hall–Kier alpha value is -0.860. The molecule has 0 unspecified atom stereocenters. The van der Waals surface area contributed by atoms with Crippen molar-refractivity contribution in [1.29, 1.82) is 0 Å². The van der Waals surface area contributed by atoms with Crippen LogP contribution in [0.4, 0.5) is 0 Å². The highest BCUT2D eigenvalue weighted by molar-refractivity contribution is 5.13. The summed E-state index contributed by atoms with van der Waals surface area (Å²) in [5.74, 6) is 1.09. The number of hydrogen-bond acceptors (Lipinski definition) is 2. The summed E-state index contributed by atoms with van der Waals surface area (Å²) >= 11 is 0. The molecule has 21 heavy (non-hydrogen) atoms. The van der Waals surface area contributed by atoms with Gasteiger partial charge in [-0.2, -0.15) is 0 Å². The van der Waals surface area contributed by atoms with Crippen LogP contribution < -0.4 is 0 Å². The first kappa shape index (κ1) is 16.5. The summed E-state index contributed by atoms with van der Waals surface area (Å²) in [5, 5.41) is 9.97. The monoisotopic (exact) mass is 290 g/mol. The quantitative estimate of drug-likeness (QED) is 0.840. The Balaban J connectivity index is 1.80. The summed E-state index contributed by atoms with van der Waals surface area (Å²) in [4.78, 5) is 0. The van der Waals surface area contributed by atoms with Crippen molar-refractivity contribution < 1.29 is 9.84 Å². The molecule has 0 aromatic heterocycles. The maximum absolute atomic E-state index is 9.97. The van der Waals surface area contributed by atoms with Crippen molar-refractivity contribution in [3.8, 4) is 0 Å². The highest BCUT2D eigenvalue weighted by Crippen LogP contribution is 2.45. The van der Waals surface area contributed by atoms with Crippen LogP contribution in [0.2, 0.25) is 0 Å². The van der Waals surface area contributed by atoms with Crippen LogP contribution >= 0.6 is 0 Å². The molecule has 0 bridgehead atoms. The fraction of sp³-hybridized carbons (Fsp3) is 0.684. The van der Waals surface area contributed by atoms with Gasteiger partial charge in [0.25, 0.3) is 0 Å². The maximum Gasteiger partial charge on any atom is 0.0717 e. The van der Waals surface area contributed by atoms with E-state index in [1.165, 1.54) is 12.0 Å². The molecule has 2 rings (SSSR count). The van der Waals surface area contributed by atoms with E-state index in [-0.39, 0.29) is 11.5 Å². The Morgan fingerprint density at radius 1 is 1.29 bits per heavy atom. The van der Waals surface area contributed by atoms with E-state index in [0.717, 1.165) is 25.9 Å². The second-order valence-electron chi connectivity index (χ2n) is 7.17. The molecule has 0 radical (unpaired) electrons. The van der Waals surface area contributed by atoms with Gasteiger partial charge in [0, 0.05) is 6.61 Å². The molecule has 0 amide bonds. The minimum Gasteiger partial charge on any atom is -0.393 e. The molecule has 1 aliphatic carbocycles. The zero-order chi connectivity index (χ0) is 15.3. The van der Waals surface area contributed by atoms with Gasteiger partial charge in [-0.1, -0.05) is 57.5 Å². The van der Waals surface area contributed by atoms with Crippen LogP contribution in [0, 0.1) is 17.3 Å². The van der Waals surface area contributed by atoms with Gasteiger partial charge in [0.05, 0.1) is 12.7 Å². The average molecular weight is 290 g/mol. The molecule has 1 aromatic rings. The van der Waals surface area contributed by atoms with E-state index < -0.39 is 0 Å². The van der Waals surface area contributed by atoms with Crippen LogP contribution in [0.15, 0.2) is 30.3 Å². The smallest absolute Gasteiger partial charge is 0.0717 e. The predicted octanol–water partition coefficient (Wildman–Crippen LogP) is 4.42. The van der Waals surface area contributed by atoms with Crippen molar-refractivity contribution in [1.82, 2.24) is 0 Å². The summed E-state index contributed by atoms with van der Waals surface area (Å²) in [6.07, 6.45) is 4.19. The zero-order valence-electron chi connectivity index (χ0n) is 13.7. The number of ether oxygens (including phenoxy) is 1. The van der Waals surface area contributed by atoms with Gasteiger partial charge in [0.1, 0.15) is 0 Å². The van der Waals surface area contributed by atoms with Gasteiger partial charge >= 0.3 is 0 Å². The number of benzene rings is 1. The lowest BCUT2D eigenvalue weighted by Crippen LogP contribution is -2.38. The van der Waals surface area contributed by atoms with E-state index in [1.807, 2.05) is 6.07 Å². The van der Waals surface area contributed by atoms with Crippen molar-refractivity contribution in [2.75, 3.05) is 6.61 Å². The first-order chi connectivity index (χ1) is 10.0. The molecule has 1 aromatic carbocycles. The molecule has 0 heterocycles. The van der Waals surface area contributed by atoms with Crippen LogP contribution in [0.5, 0.6) is 0 Å². The first-order valence-corrected chi connectivity index (χ1v) is 8.31. The Bertz CT molecular complexity index is 417. The summed E-state index contributed by atoms with van der Waals surface area (Å²) in [6.45, 7) is 8.43. The van der Waals surface area contributed by atoms with Crippen molar-refractivity contribution in [2.45, 2.75) is 59.2 Å². The van der Waals surface area contributed by atoms with Crippen LogP contribution in [-0.4, -0.2) is 17.8 Å². The van der Waals surface area contributed by atoms with E-state index >= 15 is 0 Å². The van der Waals surface area contributed by atoms with Crippen LogP contribution in [0.25, 0.3) is 0 Å². The Labute approximate surface area is 129 Å². The number of hydrogen-bond donors (Lipinski definition) is 1. The lowest BCUT2D eigenvalue weighted by atomic mass is 9.63. The fourth-order valence-electron chi connectivity index (χ4n) is 3.67. The molecule has 1 aliphatic rings. The SMILES string of the molecule is C[C@@H](COCc1ccccc1)[C@H](C)[C@@]1(C)CCC[C@@H](O)C1. The van der Waals surface area contributed by atoms with Crippen LogP contribution in [0.3, 0.4) is 0 Å². The maximum atomic E-state index is 9.97. The largest absolute Gasteiger partial charge is 0.393 e. The second-order valence-corrected chi connectivity index (χ2v) is 7.17. The van der Waals surface area contributed by atoms with Crippen molar-refractivity contribution >= 4 is 0 Å². The molecular formula is C19H30O2. The number of aliphatic hydroxyl groups is 1. The minimum atomic E-state index is -0.108. The van der Waals surface area contributed by atoms with Gasteiger partial charge < -0.3 is 9.84 Å². The second kappa shape index (κ2) is 7.42. The molecule has 2 heteroatoms. The van der Waals surface area contributed by atoms with Gasteiger partial charge in [0.15, 0.2) is 0 Å². The molecular weight excluding hydrogens is 260 g/mol. The van der Waals surface area contributed by atoms with Crippen molar-refractivity contribution in [3.63, 3.8) is 0 Å². The standard InChI is InChI=1S/C19H30O2/c1-15(13-21-14-17-8-5-4-6-9-17)16(2)19(3)11-7-10-18(20)12-19/h4-6,8-9,15-16,18,20H,7,10-14H2,1-3H3/t15-,16-,18+,19-/m0/s1. The third-order valence-electron chi connectivity index (χ3n) is 5.43. The van der Waals surface area contributed by atoms with E-state index in [2.05, 4.69) is 45.0 Å². The van der Waals surface area contributed by atoms with Gasteiger partial charge in [-0.05, 0) is 42.1 Å². The molecule has 0 aliphatic heterocycles. The summed E-state index contributed by atoms with van der Waals surface area (Å²) < 4.78 is 5.90. The van der Waals surface area contributed by atoms with Crippen LogP contribution in [-0.2, 0) is 11.3 Å². The summed E-state index contributed by atoms with van der Waals surface area (Å²) in [7, 11) is 0. The Kier molecular flexibility index (Phi) is 5.83. The first-order valence-electron chi connectivity index (χ1n) is 8.31. The Morgan fingerprint density at radius 2 is 2.00 bits per heavy atom. The van der Waals surface area contributed by atoms with Gasteiger partial charge in [-0.3, -0.25) is 0 Å². The lowest BCUT2D eigenvalue weighted by Gasteiger charge is -2.43. The highest BCUT2D eigenvalue weighted by atomic mass is 16.5. The van der Waals surface area contributed by atoms with E-state index in [1.54, 1.807) is 0 Å². The minimum absolute atomic E-state index is 0.108. The van der Waals surface area contributed by atoms with Gasteiger partial charge in [0.2, 0.25) is 0 Å². The summed E-state index contributed by atoms with van der Waals surface area (Å²) in [5.41, 5.74) is 1.49. The number of aliphatic hydroxyl groups excluding tert-OH is 1. The molecule has 1 N–H and O–H groups in total. The predicted molar refractivity (Wildman–Crippen MR) is 87.0 cm³/mol. The third kappa shape index (κ3) is 4.55. The van der Waals surface area contributed by atoms with E-state index in [0.29, 0.717) is 18.4 Å². The molecule has 0 spiro atoms. The molecule has 4 atom stereocenters. The lowest BCUT2D eigenvalue weighted by molar-refractivity contribution is -0.0142. The Morgan fingerprint density at radius 3 is 2.67 bits per heavy atom. The van der Waals surface area contributed by atoms with Crippen molar-refractivity contribution in [3.05, 3.63) is 35.9 Å². The highest BCUT2D eigenvalue weighted by Gasteiger charge is 2.38. The molecule has 1 saturated carbocycles. The average Bonchev–Trinajstić information content (AvgIpc) is 2.47.